The van der Waals surface area contributed by atoms with Gasteiger partial charge in [-0.25, -0.2) is 14.4 Å². The summed E-state index contributed by atoms with van der Waals surface area (Å²) in [5.41, 5.74) is 3.61. The van der Waals surface area contributed by atoms with Gasteiger partial charge in [0.15, 0.2) is 0 Å². The fraction of sp³-hybridized carbons (Fsp3) is 0.150. The van der Waals surface area contributed by atoms with Crippen LogP contribution >= 0.6 is 0 Å². The van der Waals surface area contributed by atoms with Crippen LogP contribution in [0.3, 0.4) is 0 Å². The molecule has 0 radical (unpaired) electrons. The molecular formula is C20H19FN4O. The molecular weight excluding hydrogens is 331 g/mol. The van der Waals surface area contributed by atoms with E-state index in [1.54, 1.807) is 19.1 Å². The van der Waals surface area contributed by atoms with E-state index in [2.05, 4.69) is 20.6 Å². The number of anilines is 3. The number of amides is 1. The van der Waals surface area contributed by atoms with E-state index >= 15 is 0 Å². The van der Waals surface area contributed by atoms with Gasteiger partial charge >= 0.3 is 0 Å². The van der Waals surface area contributed by atoms with Crippen molar-refractivity contribution in [2.45, 2.75) is 20.8 Å². The molecule has 5 nitrogen and oxygen atoms in total. The lowest BCUT2D eigenvalue weighted by Gasteiger charge is -2.10. The van der Waals surface area contributed by atoms with Crippen molar-refractivity contribution >= 4 is 23.1 Å². The number of carbonyl (C=O) groups excluding carboxylic acids is 1. The minimum Gasteiger partial charge on any atom is -0.340 e. The number of aryl methyl sites for hydroxylation is 3. The maximum absolute atomic E-state index is 13.3. The SMILES string of the molecule is Cc1cc(C)cc(NC(=O)c2cc(Nc3cccc(F)c3)nc(C)n2)c1. The number of hydrogen-bond acceptors (Lipinski definition) is 4. The average molecular weight is 350 g/mol. The Kier molecular flexibility index (Phi) is 4.93. The highest BCUT2D eigenvalue weighted by molar-refractivity contribution is 6.03. The molecule has 0 fully saturated rings. The second kappa shape index (κ2) is 7.31. The van der Waals surface area contributed by atoms with E-state index in [9.17, 15) is 9.18 Å². The summed E-state index contributed by atoms with van der Waals surface area (Å²) in [4.78, 5) is 21.0. The van der Waals surface area contributed by atoms with Crippen LogP contribution in [0, 0.1) is 26.6 Å². The Morgan fingerprint density at radius 1 is 0.923 bits per heavy atom. The summed E-state index contributed by atoms with van der Waals surface area (Å²) in [6, 6.07) is 13.4. The van der Waals surface area contributed by atoms with Gasteiger partial charge in [0.25, 0.3) is 5.91 Å². The number of nitrogens with one attached hydrogen (secondary N) is 2. The highest BCUT2D eigenvalue weighted by Gasteiger charge is 2.12. The van der Waals surface area contributed by atoms with Gasteiger partial charge in [-0.05, 0) is 62.2 Å². The van der Waals surface area contributed by atoms with Gasteiger partial charge in [-0.15, -0.1) is 0 Å². The normalized spacial score (nSPS) is 10.5. The molecule has 6 heteroatoms. The monoisotopic (exact) mass is 350 g/mol. The summed E-state index contributed by atoms with van der Waals surface area (Å²) in [7, 11) is 0. The van der Waals surface area contributed by atoms with Crippen molar-refractivity contribution in [3.05, 3.63) is 77.0 Å². The van der Waals surface area contributed by atoms with E-state index in [-0.39, 0.29) is 17.4 Å². The van der Waals surface area contributed by atoms with Crippen LogP contribution in [0.2, 0.25) is 0 Å². The molecule has 0 unspecified atom stereocenters. The Labute approximate surface area is 151 Å². The van der Waals surface area contributed by atoms with Crippen molar-refractivity contribution in [1.29, 1.82) is 0 Å². The maximum atomic E-state index is 13.3. The predicted octanol–water partition coefficient (Wildman–Crippen LogP) is 4.54. The predicted molar refractivity (Wildman–Crippen MR) is 100 cm³/mol. The van der Waals surface area contributed by atoms with Crippen LogP contribution < -0.4 is 10.6 Å². The molecule has 3 rings (SSSR count). The third-order valence-electron chi connectivity index (χ3n) is 3.65. The molecule has 0 aliphatic rings. The average Bonchev–Trinajstić information content (AvgIpc) is 2.53. The lowest BCUT2D eigenvalue weighted by Crippen LogP contribution is -2.15. The number of carbonyl (C=O) groups is 1. The standard InChI is InChI=1S/C20H19FN4O/c1-12-7-13(2)9-17(8-12)25-20(26)18-11-19(23-14(3)22-18)24-16-6-4-5-15(21)10-16/h4-11H,1-3H3,(H,25,26)(H,22,23,24). The number of nitrogens with zero attached hydrogens (tertiary/aromatic N) is 2. The molecule has 0 atom stereocenters. The van der Waals surface area contributed by atoms with Crippen LogP contribution in [0.5, 0.6) is 0 Å². The van der Waals surface area contributed by atoms with Gasteiger partial charge in [0.1, 0.15) is 23.2 Å². The highest BCUT2D eigenvalue weighted by Crippen LogP contribution is 2.18. The van der Waals surface area contributed by atoms with Gasteiger partial charge in [-0.1, -0.05) is 12.1 Å². The second-order valence-corrected chi connectivity index (χ2v) is 6.15. The van der Waals surface area contributed by atoms with Crippen LogP contribution in [0.15, 0.2) is 48.5 Å². The Bertz CT molecular complexity index is 952. The Balaban J connectivity index is 1.83. The van der Waals surface area contributed by atoms with Crippen molar-refractivity contribution < 1.29 is 9.18 Å². The van der Waals surface area contributed by atoms with Gasteiger partial charge in [-0.2, -0.15) is 0 Å². The number of rotatable bonds is 4. The van der Waals surface area contributed by atoms with E-state index in [1.807, 2.05) is 32.0 Å². The minimum atomic E-state index is -0.353. The molecule has 3 aromatic rings. The molecule has 1 aromatic heterocycles. The first-order valence-electron chi connectivity index (χ1n) is 8.17. The van der Waals surface area contributed by atoms with E-state index in [4.69, 9.17) is 0 Å². The summed E-state index contributed by atoms with van der Waals surface area (Å²) in [6.45, 7) is 5.64. The first-order chi connectivity index (χ1) is 12.4. The molecule has 1 heterocycles. The third-order valence-corrected chi connectivity index (χ3v) is 3.65. The van der Waals surface area contributed by atoms with Crippen LogP contribution in [-0.4, -0.2) is 15.9 Å². The zero-order valence-electron chi connectivity index (χ0n) is 14.8. The van der Waals surface area contributed by atoms with Crippen molar-refractivity contribution in [3.63, 3.8) is 0 Å². The van der Waals surface area contributed by atoms with Crippen LogP contribution in [0.4, 0.5) is 21.6 Å². The summed E-state index contributed by atoms with van der Waals surface area (Å²) in [5.74, 6) is 0.182. The van der Waals surface area contributed by atoms with Crippen molar-refractivity contribution in [2.75, 3.05) is 10.6 Å². The zero-order valence-corrected chi connectivity index (χ0v) is 14.8. The molecule has 0 saturated heterocycles. The van der Waals surface area contributed by atoms with Gasteiger partial charge in [0.2, 0.25) is 0 Å². The van der Waals surface area contributed by atoms with E-state index < -0.39 is 0 Å². The van der Waals surface area contributed by atoms with Crippen molar-refractivity contribution in [1.82, 2.24) is 9.97 Å². The quantitative estimate of drug-likeness (QED) is 0.725. The first kappa shape index (κ1) is 17.5. The topological polar surface area (TPSA) is 66.9 Å². The van der Waals surface area contributed by atoms with Crippen molar-refractivity contribution in [3.8, 4) is 0 Å². The number of benzene rings is 2. The molecule has 0 aliphatic heterocycles. The summed E-state index contributed by atoms with van der Waals surface area (Å²) < 4.78 is 13.3. The highest BCUT2D eigenvalue weighted by atomic mass is 19.1. The lowest BCUT2D eigenvalue weighted by atomic mass is 10.1. The largest absolute Gasteiger partial charge is 0.340 e. The van der Waals surface area contributed by atoms with Crippen molar-refractivity contribution in [2.24, 2.45) is 0 Å². The van der Waals surface area contributed by atoms with Gasteiger partial charge in [0, 0.05) is 17.4 Å². The molecule has 0 saturated carbocycles. The van der Waals surface area contributed by atoms with Gasteiger partial charge < -0.3 is 10.6 Å². The van der Waals surface area contributed by atoms with E-state index in [1.165, 1.54) is 18.2 Å². The lowest BCUT2D eigenvalue weighted by molar-refractivity contribution is 0.102. The molecule has 26 heavy (non-hydrogen) atoms. The fourth-order valence-electron chi connectivity index (χ4n) is 2.70. The summed E-state index contributed by atoms with van der Waals surface area (Å²) in [6.07, 6.45) is 0. The molecule has 0 spiro atoms. The van der Waals surface area contributed by atoms with Crippen LogP contribution in [0.25, 0.3) is 0 Å². The maximum Gasteiger partial charge on any atom is 0.274 e. The minimum absolute atomic E-state index is 0.232. The smallest absolute Gasteiger partial charge is 0.274 e. The zero-order chi connectivity index (χ0) is 18.7. The molecule has 2 N–H and O–H groups in total. The third kappa shape index (κ3) is 4.42. The number of hydrogen-bond donors (Lipinski definition) is 2. The second-order valence-electron chi connectivity index (χ2n) is 6.15. The number of halogens is 1. The van der Waals surface area contributed by atoms with Gasteiger partial charge in [0.05, 0.1) is 0 Å². The number of aromatic nitrogens is 2. The van der Waals surface area contributed by atoms with E-state index in [0.29, 0.717) is 23.0 Å². The summed E-state index contributed by atoms with van der Waals surface area (Å²) in [5, 5.41) is 5.84. The Morgan fingerprint density at radius 2 is 1.65 bits per heavy atom. The fourth-order valence-corrected chi connectivity index (χ4v) is 2.70. The molecule has 0 bridgehead atoms. The molecule has 132 valence electrons. The Hall–Kier alpha value is -3.28. The molecule has 0 aliphatic carbocycles. The van der Waals surface area contributed by atoms with Crippen LogP contribution in [0.1, 0.15) is 27.4 Å². The van der Waals surface area contributed by atoms with Crippen LogP contribution in [-0.2, 0) is 0 Å². The molecule has 1 amide bonds. The van der Waals surface area contributed by atoms with Gasteiger partial charge in [-0.3, -0.25) is 4.79 Å². The summed E-state index contributed by atoms with van der Waals surface area (Å²) >= 11 is 0. The Morgan fingerprint density at radius 3 is 2.35 bits per heavy atom. The molecule has 2 aromatic carbocycles. The van der Waals surface area contributed by atoms with E-state index in [0.717, 1.165) is 11.1 Å². The first-order valence-corrected chi connectivity index (χ1v) is 8.17.